The van der Waals surface area contributed by atoms with Crippen LogP contribution in [-0.4, -0.2) is 47.8 Å². The van der Waals surface area contributed by atoms with Crippen LogP contribution >= 0.6 is 0 Å². The van der Waals surface area contributed by atoms with Gasteiger partial charge in [0.05, 0.1) is 11.1 Å². The Morgan fingerprint density at radius 3 is 2.46 bits per heavy atom. The smallest absolute Gasteiger partial charge is 0.243 e. The lowest BCUT2D eigenvalue weighted by Gasteiger charge is -2.31. The summed E-state index contributed by atoms with van der Waals surface area (Å²) in [5.74, 6) is 0.244. The zero-order valence-electron chi connectivity index (χ0n) is 14.3. The first-order valence-corrected chi connectivity index (χ1v) is 9.69. The van der Waals surface area contributed by atoms with E-state index in [1.165, 1.54) is 23.4 Å². The van der Waals surface area contributed by atoms with E-state index in [-0.39, 0.29) is 16.9 Å². The molecular weight excluding hydrogens is 356 g/mol. The van der Waals surface area contributed by atoms with Crippen molar-refractivity contribution >= 4 is 21.6 Å². The summed E-state index contributed by atoms with van der Waals surface area (Å²) < 4.78 is 32.7. The van der Waals surface area contributed by atoms with E-state index < -0.39 is 10.0 Å². The highest BCUT2D eigenvalue weighted by Crippen LogP contribution is 2.23. The van der Waals surface area contributed by atoms with Crippen molar-refractivity contribution in [3.8, 4) is 5.88 Å². The highest BCUT2D eigenvalue weighted by molar-refractivity contribution is 7.89. The van der Waals surface area contributed by atoms with Crippen LogP contribution in [0.1, 0.15) is 19.8 Å². The molecule has 1 amide bonds. The van der Waals surface area contributed by atoms with Gasteiger partial charge in [-0.2, -0.15) is 4.31 Å². The number of piperidine rings is 1. The number of amides is 1. The maximum Gasteiger partial charge on any atom is 0.243 e. The maximum atomic E-state index is 12.8. The third-order valence-corrected chi connectivity index (χ3v) is 5.95. The van der Waals surface area contributed by atoms with Crippen molar-refractivity contribution in [3.63, 3.8) is 0 Å². The highest BCUT2D eigenvalue weighted by atomic mass is 32.2. The summed E-state index contributed by atoms with van der Waals surface area (Å²) in [7, 11) is -3.57. The second-order valence-corrected chi connectivity index (χ2v) is 7.91. The average molecular weight is 376 g/mol. The maximum absolute atomic E-state index is 12.8. The Morgan fingerprint density at radius 2 is 1.88 bits per heavy atom. The largest absolute Gasteiger partial charge is 0.473 e. The Kier molecular flexibility index (Phi) is 5.48. The van der Waals surface area contributed by atoms with E-state index in [0.29, 0.717) is 37.5 Å². The number of nitrogens with one attached hydrogen (secondary N) is 1. The molecule has 2 aromatic rings. The van der Waals surface area contributed by atoms with Gasteiger partial charge in [0.2, 0.25) is 21.8 Å². The van der Waals surface area contributed by atoms with Gasteiger partial charge in [-0.1, -0.05) is 0 Å². The number of carbonyl (C=O) groups excluding carboxylic acids is 1. The number of benzene rings is 1. The SMILES string of the molecule is CC(=O)Nc1ccc(S(=O)(=O)N2CCC(Oc3cnccn3)CC2)cc1. The van der Waals surface area contributed by atoms with Gasteiger partial charge in [0.1, 0.15) is 6.10 Å². The number of carbonyl (C=O) groups is 1. The highest BCUT2D eigenvalue weighted by Gasteiger charge is 2.30. The van der Waals surface area contributed by atoms with Gasteiger partial charge < -0.3 is 10.1 Å². The number of hydrogen-bond donors (Lipinski definition) is 1. The minimum Gasteiger partial charge on any atom is -0.473 e. The van der Waals surface area contributed by atoms with E-state index >= 15 is 0 Å². The Labute approximate surface area is 152 Å². The van der Waals surface area contributed by atoms with Gasteiger partial charge in [-0.3, -0.25) is 9.78 Å². The number of sulfonamides is 1. The summed E-state index contributed by atoms with van der Waals surface area (Å²) in [6, 6.07) is 6.17. The lowest BCUT2D eigenvalue weighted by atomic mass is 10.1. The summed E-state index contributed by atoms with van der Waals surface area (Å²) in [5.41, 5.74) is 0.563. The summed E-state index contributed by atoms with van der Waals surface area (Å²) in [5, 5.41) is 2.62. The number of rotatable bonds is 5. The summed E-state index contributed by atoms with van der Waals surface area (Å²) >= 11 is 0. The standard InChI is InChI=1S/C17H20N4O4S/c1-13(22)20-14-2-4-16(5-3-14)26(23,24)21-10-6-15(7-11-21)25-17-12-18-8-9-19-17/h2-5,8-9,12,15H,6-7,10-11H2,1H3,(H,20,22). The van der Waals surface area contributed by atoms with Gasteiger partial charge in [0.15, 0.2) is 0 Å². The van der Waals surface area contributed by atoms with Gasteiger partial charge in [-0.25, -0.2) is 13.4 Å². The molecule has 0 spiro atoms. The predicted molar refractivity (Wildman–Crippen MR) is 95.2 cm³/mol. The van der Waals surface area contributed by atoms with Gasteiger partial charge in [-0.05, 0) is 37.1 Å². The molecule has 0 aliphatic carbocycles. The molecule has 2 heterocycles. The number of nitrogens with zero attached hydrogens (tertiary/aromatic N) is 3. The molecule has 1 saturated heterocycles. The second kappa shape index (κ2) is 7.79. The van der Waals surface area contributed by atoms with Crippen molar-refractivity contribution in [2.75, 3.05) is 18.4 Å². The molecule has 138 valence electrons. The van der Waals surface area contributed by atoms with Crippen LogP contribution in [0.3, 0.4) is 0 Å². The molecule has 0 radical (unpaired) electrons. The molecule has 3 rings (SSSR count). The van der Waals surface area contributed by atoms with E-state index in [1.807, 2.05) is 0 Å². The Bertz CT molecular complexity index is 848. The van der Waals surface area contributed by atoms with Crippen LogP contribution in [-0.2, 0) is 14.8 Å². The Morgan fingerprint density at radius 1 is 1.19 bits per heavy atom. The molecule has 1 aliphatic rings. The minimum atomic E-state index is -3.57. The molecule has 1 aliphatic heterocycles. The van der Waals surface area contributed by atoms with Gasteiger partial charge in [0, 0.05) is 38.1 Å². The van der Waals surface area contributed by atoms with Crippen LogP contribution < -0.4 is 10.1 Å². The second-order valence-electron chi connectivity index (χ2n) is 5.97. The van der Waals surface area contributed by atoms with E-state index in [2.05, 4.69) is 15.3 Å². The molecular formula is C17H20N4O4S. The van der Waals surface area contributed by atoms with Crippen molar-refractivity contribution in [1.29, 1.82) is 0 Å². The number of anilines is 1. The molecule has 0 saturated carbocycles. The van der Waals surface area contributed by atoms with Gasteiger partial charge in [0.25, 0.3) is 0 Å². The van der Waals surface area contributed by atoms with Gasteiger partial charge >= 0.3 is 0 Å². The number of ether oxygens (including phenoxy) is 1. The lowest BCUT2D eigenvalue weighted by Crippen LogP contribution is -2.41. The zero-order chi connectivity index (χ0) is 18.6. The fourth-order valence-electron chi connectivity index (χ4n) is 2.77. The summed E-state index contributed by atoms with van der Waals surface area (Å²) in [6.45, 7) is 2.15. The van der Waals surface area contributed by atoms with Crippen molar-refractivity contribution in [3.05, 3.63) is 42.9 Å². The molecule has 8 nitrogen and oxygen atoms in total. The normalized spacial score (nSPS) is 16.2. The van der Waals surface area contributed by atoms with Crippen molar-refractivity contribution < 1.29 is 17.9 Å². The van der Waals surface area contributed by atoms with Crippen molar-refractivity contribution in [1.82, 2.24) is 14.3 Å². The van der Waals surface area contributed by atoms with Crippen LogP contribution in [0.5, 0.6) is 5.88 Å². The first-order chi connectivity index (χ1) is 12.4. The lowest BCUT2D eigenvalue weighted by molar-refractivity contribution is -0.114. The van der Waals surface area contributed by atoms with E-state index in [1.54, 1.807) is 30.7 Å². The molecule has 0 atom stereocenters. The Balaban J connectivity index is 1.61. The molecule has 26 heavy (non-hydrogen) atoms. The topological polar surface area (TPSA) is 101 Å². The average Bonchev–Trinajstić information content (AvgIpc) is 2.63. The number of hydrogen-bond acceptors (Lipinski definition) is 6. The number of aromatic nitrogens is 2. The van der Waals surface area contributed by atoms with Gasteiger partial charge in [-0.15, -0.1) is 0 Å². The van der Waals surface area contributed by atoms with Crippen LogP contribution in [0.4, 0.5) is 5.69 Å². The fourth-order valence-corrected chi connectivity index (χ4v) is 4.24. The predicted octanol–water partition coefficient (Wildman–Crippen LogP) is 1.67. The van der Waals surface area contributed by atoms with E-state index in [4.69, 9.17) is 4.74 Å². The third-order valence-electron chi connectivity index (χ3n) is 4.04. The van der Waals surface area contributed by atoms with Crippen LogP contribution in [0.15, 0.2) is 47.8 Å². The fraction of sp³-hybridized carbons (Fsp3) is 0.353. The van der Waals surface area contributed by atoms with Crippen molar-refractivity contribution in [2.24, 2.45) is 0 Å². The molecule has 0 bridgehead atoms. The molecule has 1 aromatic carbocycles. The first-order valence-electron chi connectivity index (χ1n) is 8.25. The third kappa shape index (κ3) is 4.36. The molecule has 9 heteroatoms. The van der Waals surface area contributed by atoms with E-state index in [9.17, 15) is 13.2 Å². The summed E-state index contributed by atoms with van der Waals surface area (Å²) in [4.78, 5) is 19.3. The van der Waals surface area contributed by atoms with Crippen molar-refractivity contribution in [2.45, 2.75) is 30.8 Å². The molecule has 1 N–H and O–H groups in total. The summed E-state index contributed by atoms with van der Waals surface area (Å²) in [6.07, 6.45) is 5.75. The minimum absolute atomic E-state index is 0.0831. The molecule has 1 fully saturated rings. The van der Waals surface area contributed by atoms with Crippen LogP contribution in [0.25, 0.3) is 0 Å². The first kappa shape index (κ1) is 18.3. The zero-order valence-corrected chi connectivity index (χ0v) is 15.1. The Hall–Kier alpha value is -2.52. The molecule has 0 unspecified atom stereocenters. The molecule has 1 aromatic heterocycles. The quantitative estimate of drug-likeness (QED) is 0.852. The van der Waals surface area contributed by atoms with E-state index in [0.717, 1.165) is 0 Å². The van der Waals surface area contributed by atoms with Crippen LogP contribution in [0, 0.1) is 0 Å². The van der Waals surface area contributed by atoms with Crippen LogP contribution in [0.2, 0.25) is 0 Å². The monoisotopic (exact) mass is 376 g/mol.